The molecule has 0 amide bonds. The number of anilines is 1. The molecule has 1 heterocycles. The summed E-state index contributed by atoms with van der Waals surface area (Å²) in [5.74, 6) is 0.191. The number of halogens is 1. The van der Waals surface area contributed by atoms with Crippen molar-refractivity contribution in [2.75, 3.05) is 23.9 Å². The van der Waals surface area contributed by atoms with Crippen molar-refractivity contribution < 1.29 is 13.3 Å². The lowest BCUT2D eigenvalue weighted by Crippen LogP contribution is -2.40. The molecule has 0 aliphatic carbocycles. The molecular formula is C12H14ClN3O4S2. The zero-order valence-corrected chi connectivity index (χ0v) is 14.0. The Labute approximate surface area is 138 Å². The van der Waals surface area contributed by atoms with Gasteiger partial charge in [-0.05, 0) is 24.7 Å². The topological polar surface area (TPSA) is 92.5 Å². The van der Waals surface area contributed by atoms with E-state index in [0.717, 1.165) is 0 Å². The van der Waals surface area contributed by atoms with Gasteiger partial charge in [-0.25, -0.2) is 8.42 Å². The van der Waals surface area contributed by atoms with Crippen LogP contribution in [0.25, 0.3) is 0 Å². The zero-order valence-electron chi connectivity index (χ0n) is 11.7. The smallest absolute Gasteiger partial charge is 0.271 e. The van der Waals surface area contributed by atoms with Gasteiger partial charge in [-0.3, -0.25) is 10.1 Å². The van der Waals surface area contributed by atoms with Gasteiger partial charge < -0.3 is 10.2 Å². The molecule has 2 rings (SSSR count). The Hall–Kier alpha value is -1.45. The van der Waals surface area contributed by atoms with Gasteiger partial charge in [-0.2, -0.15) is 0 Å². The molecular weight excluding hydrogens is 350 g/mol. The Balaban J connectivity index is 2.12. The van der Waals surface area contributed by atoms with E-state index < -0.39 is 14.8 Å². The summed E-state index contributed by atoms with van der Waals surface area (Å²) in [6, 6.07) is 3.78. The first-order chi connectivity index (χ1) is 10.2. The molecule has 1 aromatic carbocycles. The average Bonchev–Trinajstić information content (AvgIpc) is 2.80. The van der Waals surface area contributed by atoms with Gasteiger partial charge in [0.05, 0.1) is 27.1 Å². The molecule has 1 aliphatic heterocycles. The van der Waals surface area contributed by atoms with Crippen molar-refractivity contribution in [3.05, 3.63) is 33.3 Å². The third kappa shape index (κ3) is 3.84. The molecule has 22 heavy (non-hydrogen) atoms. The highest BCUT2D eigenvalue weighted by Gasteiger charge is 2.31. The highest BCUT2D eigenvalue weighted by Crippen LogP contribution is 2.27. The van der Waals surface area contributed by atoms with E-state index in [0.29, 0.717) is 17.1 Å². The van der Waals surface area contributed by atoms with E-state index in [1.165, 1.54) is 18.2 Å². The molecule has 0 bridgehead atoms. The molecule has 0 spiro atoms. The van der Waals surface area contributed by atoms with Crippen LogP contribution < -0.4 is 5.32 Å². The van der Waals surface area contributed by atoms with Crippen LogP contribution in [0.2, 0.25) is 5.02 Å². The summed E-state index contributed by atoms with van der Waals surface area (Å²) >= 11 is 11.2. The van der Waals surface area contributed by atoms with Crippen molar-refractivity contribution in [1.29, 1.82) is 0 Å². The van der Waals surface area contributed by atoms with Gasteiger partial charge in [0.2, 0.25) is 0 Å². The van der Waals surface area contributed by atoms with Gasteiger partial charge in [-0.1, -0.05) is 11.6 Å². The molecule has 1 aromatic rings. The van der Waals surface area contributed by atoms with E-state index in [-0.39, 0.29) is 28.3 Å². The van der Waals surface area contributed by atoms with Crippen LogP contribution >= 0.6 is 23.8 Å². The summed E-state index contributed by atoms with van der Waals surface area (Å²) in [4.78, 5) is 11.9. The highest BCUT2D eigenvalue weighted by molar-refractivity contribution is 7.91. The van der Waals surface area contributed by atoms with Gasteiger partial charge in [0.1, 0.15) is 0 Å². The number of hydrogen-bond donors (Lipinski definition) is 1. The molecule has 0 saturated carbocycles. The molecule has 1 aliphatic rings. The summed E-state index contributed by atoms with van der Waals surface area (Å²) < 4.78 is 23.0. The number of sulfone groups is 1. The minimum atomic E-state index is -3.02. The monoisotopic (exact) mass is 363 g/mol. The first kappa shape index (κ1) is 16.9. The van der Waals surface area contributed by atoms with Crippen LogP contribution in [-0.2, 0) is 9.84 Å². The fourth-order valence-electron chi connectivity index (χ4n) is 2.17. The predicted octanol–water partition coefficient (Wildman–Crippen LogP) is 2.06. The largest absolute Gasteiger partial charge is 0.348 e. The standard InChI is InChI=1S/C12H14ClN3O4S2/c1-15(9-4-5-22(19,20)7-9)12(21)14-11-6-8(16(17)18)2-3-10(11)13/h2-3,6,9H,4-5,7H2,1H3,(H,14,21)/t9-/m1/s1. The molecule has 0 aromatic heterocycles. The fourth-order valence-corrected chi connectivity index (χ4v) is 4.37. The van der Waals surface area contributed by atoms with Crippen LogP contribution in [-0.4, -0.2) is 47.9 Å². The minimum Gasteiger partial charge on any atom is -0.348 e. The number of nitro benzene ring substituents is 1. The normalized spacial score (nSPS) is 19.6. The van der Waals surface area contributed by atoms with Crippen molar-refractivity contribution in [2.24, 2.45) is 0 Å². The minimum absolute atomic E-state index is 0.0496. The molecule has 1 saturated heterocycles. The van der Waals surface area contributed by atoms with Crippen molar-refractivity contribution in [3.8, 4) is 0 Å². The molecule has 10 heteroatoms. The lowest BCUT2D eigenvalue weighted by molar-refractivity contribution is -0.384. The van der Waals surface area contributed by atoms with Crippen LogP contribution in [0.15, 0.2) is 18.2 Å². The van der Waals surface area contributed by atoms with E-state index in [4.69, 9.17) is 23.8 Å². The summed E-state index contributed by atoms with van der Waals surface area (Å²) in [6.45, 7) is 0. The Morgan fingerprint density at radius 1 is 1.55 bits per heavy atom. The summed E-state index contributed by atoms with van der Waals surface area (Å²) in [5, 5.41) is 14.2. The Morgan fingerprint density at radius 3 is 2.77 bits per heavy atom. The van der Waals surface area contributed by atoms with Gasteiger partial charge in [0, 0.05) is 25.2 Å². The Morgan fingerprint density at radius 2 is 2.23 bits per heavy atom. The number of nitrogens with zero attached hydrogens (tertiary/aromatic N) is 2. The Bertz CT molecular complexity index is 723. The maximum absolute atomic E-state index is 11.5. The molecule has 120 valence electrons. The maximum atomic E-state index is 11.5. The highest BCUT2D eigenvalue weighted by atomic mass is 35.5. The van der Waals surface area contributed by atoms with Gasteiger partial charge in [-0.15, -0.1) is 0 Å². The number of nitrogens with one attached hydrogen (secondary N) is 1. The second kappa shape index (κ2) is 6.35. The Kier molecular flexibility index (Phi) is 4.88. The number of thiocarbonyl (C=S) groups is 1. The van der Waals surface area contributed by atoms with E-state index >= 15 is 0 Å². The summed E-state index contributed by atoms with van der Waals surface area (Å²) in [5.41, 5.74) is 0.203. The molecule has 1 fully saturated rings. The maximum Gasteiger partial charge on any atom is 0.271 e. The quantitative estimate of drug-likeness (QED) is 0.499. The molecule has 7 nitrogen and oxygen atoms in total. The van der Waals surface area contributed by atoms with Gasteiger partial charge in [0.25, 0.3) is 5.69 Å². The summed E-state index contributed by atoms with van der Waals surface area (Å²) in [6.07, 6.45) is 0.503. The molecule has 0 radical (unpaired) electrons. The van der Waals surface area contributed by atoms with Gasteiger partial charge in [0.15, 0.2) is 14.9 Å². The molecule has 1 atom stereocenters. The van der Waals surface area contributed by atoms with E-state index in [9.17, 15) is 18.5 Å². The summed E-state index contributed by atoms with van der Waals surface area (Å²) in [7, 11) is -1.33. The van der Waals surface area contributed by atoms with Crippen molar-refractivity contribution in [3.63, 3.8) is 0 Å². The molecule has 0 unspecified atom stereocenters. The number of non-ortho nitro benzene ring substituents is 1. The van der Waals surface area contributed by atoms with Crippen molar-refractivity contribution >= 4 is 50.1 Å². The number of nitro groups is 1. The van der Waals surface area contributed by atoms with Crippen molar-refractivity contribution in [2.45, 2.75) is 12.5 Å². The zero-order chi connectivity index (χ0) is 16.5. The number of rotatable bonds is 3. The second-order valence-corrected chi connectivity index (χ2v) is 8.04. The van der Waals surface area contributed by atoms with E-state index in [2.05, 4.69) is 5.32 Å². The van der Waals surface area contributed by atoms with Crippen LogP contribution in [0, 0.1) is 10.1 Å². The molecule has 1 N–H and O–H groups in total. The number of benzene rings is 1. The van der Waals surface area contributed by atoms with E-state index in [1.807, 2.05) is 0 Å². The van der Waals surface area contributed by atoms with Crippen molar-refractivity contribution in [1.82, 2.24) is 4.90 Å². The third-order valence-electron chi connectivity index (χ3n) is 3.48. The SMILES string of the molecule is CN(C(=S)Nc1cc([N+](=O)[O-])ccc1Cl)[C@@H]1CCS(=O)(=O)C1. The lowest BCUT2D eigenvalue weighted by atomic mass is 10.2. The lowest BCUT2D eigenvalue weighted by Gasteiger charge is -2.26. The average molecular weight is 364 g/mol. The first-order valence-electron chi connectivity index (χ1n) is 6.38. The fraction of sp³-hybridized carbons (Fsp3) is 0.417. The van der Waals surface area contributed by atoms with Crippen LogP contribution in [0.3, 0.4) is 0 Å². The van der Waals surface area contributed by atoms with Crippen LogP contribution in [0.5, 0.6) is 0 Å². The second-order valence-electron chi connectivity index (χ2n) is 5.02. The van der Waals surface area contributed by atoms with Crippen LogP contribution in [0.4, 0.5) is 11.4 Å². The number of hydrogen-bond acceptors (Lipinski definition) is 5. The van der Waals surface area contributed by atoms with Gasteiger partial charge >= 0.3 is 0 Å². The van der Waals surface area contributed by atoms with E-state index in [1.54, 1.807) is 11.9 Å². The van der Waals surface area contributed by atoms with Crippen LogP contribution in [0.1, 0.15) is 6.42 Å². The predicted molar refractivity (Wildman–Crippen MR) is 89.1 cm³/mol. The first-order valence-corrected chi connectivity index (χ1v) is 8.98. The third-order valence-corrected chi connectivity index (χ3v) is 5.95.